The molecule has 0 saturated carbocycles. The maximum absolute atomic E-state index is 13.1. The molecule has 11 heteroatoms. The first-order chi connectivity index (χ1) is 17.3. The first-order valence-electron chi connectivity index (χ1n) is 12.4. The first kappa shape index (κ1) is 29.7. The fourth-order valence-corrected chi connectivity index (χ4v) is 3.63. The summed E-state index contributed by atoms with van der Waals surface area (Å²) in [4.78, 5) is 67.4. The molecule has 0 radical (unpaired) electrons. The number of aryl methyl sites for hydroxylation is 1. The van der Waals surface area contributed by atoms with Crippen molar-refractivity contribution in [3.05, 3.63) is 23.5 Å². The number of hydrogen-bond acceptors (Lipinski definition) is 10. The molecule has 1 amide bonds. The van der Waals surface area contributed by atoms with Crippen LogP contribution in [0.5, 0.6) is 5.75 Å². The minimum atomic E-state index is -1.38. The molecule has 1 aromatic heterocycles. The molecule has 1 fully saturated rings. The van der Waals surface area contributed by atoms with E-state index in [0.29, 0.717) is 5.56 Å². The molecule has 1 N–H and O–H groups in total. The van der Waals surface area contributed by atoms with Gasteiger partial charge >= 0.3 is 23.9 Å². The van der Waals surface area contributed by atoms with Crippen molar-refractivity contribution < 1.29 is 42.9 Å². The summed E-state index contributed by atoms with van der Waals surface area (Å²) in [5, 5.41) is 2.46. The monoisotopic (exact) mass is 520 g/mol. The summed E-state index contributed by atoms with van der Waals surface area (Å²) in [5.41, 5.74) is 0.286. The summed E-state index contributed by atoms with van der Waals surface area (Å²) in [6.07, 6.45) is -0.274. The fraction of sp³-hybridized carbons (Fsp3) is 0.615. The highest BCUT2D eigenvalue weighted by molar-refractivity contribution is 5.98. The lowest BCUT2D eigenvalue weighted by Gasteiger charge is -2.29. The average Bonchev–Trinajstić information content (AvgIpc) is 2.84. The van der Waals surface area contributed by atoms with Crippen molar-refractivity contribution in [3.63, 3.8) is 0 Å². The van der Waals surface area contributed by atoms with Gasteiger partial charge in [0.05, 0.1) is 11.8 Å². The average molecular weight is 521 g/mol. The van der Waals surface area contributed by atoms with E-state index < -0.39 is 66.5 Å². The molecule has 4 atom stereocenters. The van der Waals surface area contributed by atoms with E-state index in [1.807, 2.05) is 13.8 Å². The number of carbonyl (C=O) groups excluding carboxylic acids is 5. The largest absolute Gasteiger partial charge is 0.463 e. The molecule has 37 heavy (non-hydrogen) atoms. The van der Waals surface area contributed by atoms with Crippen molar-refractivity contribution in [2.45, 2.75) is 79.6 Å². The minimum absolute atomic E-state index is 0.0286. The number of esters is 4. The molecule has 1 aromatic rings. The maximum Gasteiger partial charge on any atom is 0.332 e. The van der Waals surface area contributed by atoms with E-state index in [0.717, 1.165) is 0 Å². The highest BCUT2D eigenvalue weighted by atomic mass is 16.6. The van der Waals surface area contributed by atoms with Crippen LogP contribution in [0, 0.1) is 24.7 Å². The molecule has 2 heterocycles. The van der Waals surface area contributed by atoms with Crippen LogP contribution in [0.4, 0.5) is 0 Å². The lowest BCUT2D eigenvalue weighted by Crippen LogP contribution is -2.47. The fourth-order valence-electron chi connectivity index (χ4n) is 3.63. The van der Waals surface area contributed by atoms with Crippen LogP contribution >= 0.6 is 0 Å². The van der Waals surface area contributed by atoms with E-state index in [2.05, 4.69) is 10.3 Å². The Bertz CT molecular complexity index is 1020. The lowest BCUT2D eigenvalue weighted by molar-refractivity contribution is -0.176. The Kier molecular flexibility index (Phi) is 10.6. The van der Waals surface area contributed by atoms with Gasteiger partial charge in [-0.25, -0.2) is 9.78 Å². The van der Waals surface area contributed by atoms with Crippen molar-refractivity contribution in [3.8, 4) is 5.75 Å². The zero-order valence-corrected chi connectivity index (χ0v) is 22.4. The van der Waals surface area contributed by atoms with Gasteiger partial charge in [0.15, 0.2) is 23.6 Å². The summed E-state index contributed by atoms with van der Waals surface area (Å²) in [7, 11) is 0. The number of amides is 1. The van der Waals surface area contributed by atoms with Crippen molar-refractivity contribution in [1.29, 1.82) is 0 Å². The number of nitrogens with zero attached hydrogens (tertiary/aromatic N) is 1. The van der Waals surface area contributed by atoms with Gasteiger partial charge in [0.2, 0.25) is 0 Å². The normalized spacial score (nSPS) is 22.3. The van der Waals surface area contributed by atoms with Gasteiger partial charge in [-0.15, -0.1) is 0 Å². The molecule has 1 saturated heterocycles. The SMILES string of the molecule is CC[C@H]1C(=O)OC[C@H](NC(=O)c2nccc(C)c2OC(=O)CC(C)C)C(=O)O[C@@H](C)[C@@H]1OC(=O)C(C)C. The molecule has 1 aliphatic rings. The summed E-state index contributed by atoms with van der Waals surface area (Å²) < 4.78 is 21.7. The minimum Gasteiger partial charge on any atom is -0.463 e. The van der Waals surface area contributed by atoms with Gasteiger partial charge in [-0.05, 0) is 37.8 Å². The standard InChI is InChI=1S/C26H36N2O9/c1-8-17-22(37-24(31)14(4)5)16(7)35-26(33)18(12-34-25(17)32)28-23(30)20-21(15(6)9-10-27-20)36-19(29)11-13(2)3/h9-10,13-14,16-18,22H,8,11-12H2,1-7H3,(H,28,30)/t16-,17+,18-,22-/m0/s1. The molecule has 0 unspecified atom stereocenters. The van der Waals surface area contributed by atoms with Gasteiger partial charge < -0.3 is 24.3 Å². The van der Waals surface area contributed by atoms with Crippen LogP contribution in [0.25, 0.3) is 0 Å². The van der Waals surface area contributed by atoms with Crippen molar-refractivity contribution in [2.75, 3.05) is 6.61 Å². The second-order valence-electron chi connectivity index (χ2n) is 9.75. The number of hydrogen-bond donors (Lipinski definition) is 1. The Morgan fingerprint density at radius 1 is 1.16 bits per heavy atom. The zero-order chi connectivity index (χ0) is 27.9. The quantitative estimate of drug-likeness (QED) is 0.400. The Balaban J connectivity index is 2.27. The van der Waals surface area contributed by atoms with E-state index in [1.54, 1.807) is 33.8 Å². The van der Waals surface area contributed by atoms with Gasteiger partial charge in [-0.3, -0.25) is 19.2 Å². The number of rotatable bonds is 8. The van der Waals surface area contributed by atoms with Crippen LogP contribution in [-0.4, -0.2) is 59.6 Å². The predicted molar refractivity (Wildman–Crippen MR) is 130 cm³/mol. The second-order valence-corrected chi connectivity index (χ2v) is 9.75. The summed E-state index contributed by atoms with van der Waals surface area (Å²) >= 11 is 0. The van der Waals surface area contributed by atoms with Crippen LogP contribution < -0.4 is 10.1 Å². The molecule has 0 spiro atoms. The van der Waals surface area contributed by atoms with Gasteiger partial charge in [-0.1, -0.05) is 34.6 Å². The van der Waals surface area contributed by atoms with Gasteiger partial charge in [0.25, 0.3) is 5.91 Å². The van der Waals surface area contributed by atoms with Crippen molar-refractivity contribution >= 4 is 29.8 Å². The van der Waals surface area contributed by atoms with Crippen LogP contribution in [0.15, 0.2) is 12.3 Å². The number of cyclic esters (lactones) is 2. The first-order valence-corrected chi connectivity index (χ1v) is 12.4. The van der Waals surface area contributed by atoms with Gasteiger partial charge in [0, 0.05) is 12.6 Å². The van der Waals surface area contributed by atoms with E-state index in [1.165, 1.54) is 13.1 Å². The molecule has 1 aliphatic heterocycles. The van der Waals surface area contributed by atoms with Crippen LogP contribution in [0.1, 0.15) is 70.4 Å². The molecule has 11 nitrogen and oxygen atoms in total. The van der Waals surface area contributed by atoms with E-state index >= 15 is 0 Å². The predicted octanol–water partition coefficient (Wildman–Crippen LogP) is 2.52. The van der Waals surface area contributed by atoms with Crippen LogP contribution in [0.2, 0.25) is 0 Å². The molecular weight excluding hydrogens is 484 g/mol. The number of nitrogens with one attached hydrogen (secondary N) is 1. The smallest absolute Gasteiger partial charge is 0.332 e. The lowest BCUT2D eigenvalue weighted by atomic mass is 9.95. The Morgan fingerprint density at radius 2 is 1.84 bits per heavy atom. The number of pyridine rings is 1. The maximum atomic E-state index is 13.1. The number of aromatic nitrogens is 1. The molecule has 0 bridgehead atoms. The second kappa shape index (κ2) is 13.2. The highest BCUT2D eigenvalue weighted by Crippen LogP contribution is 2.25. The number of carbonyl (C=O) groups is 5. The van der Waals surface area contributed by atoms with E-state index in [9.17, 15) is 24.0 Å². The molecule has 0 aromatic carbocycles. The Labute approximate surface area is 216 Å². The van der Waals surface area contributed by atoms with Crippen LogP contribution in [-0.2, 0) is 33.4 Å². The Hall–Kier alpha value is -3.50. The molecular formula is C26H36N2O9. The van der Waals surface area contributed by atoms with E-state index in [4.69, 9.17) is 18.9 Å². The Morgan fingerprint density at radius 3 is 2.43 bits per heavy atom. The summed E-state index contributed by atoms with van der Waals surface area (Å²) in [6.45, 7) is 11.4. The summed E-state index contributed by atoms with van der Waals surface area (Å²) in [6, 6.07) is 0.202. The topological polar surface area (TPSA) is 147 Å². The third-order valence-corrected chi connectivity index (χ3v) is 5.72. The van der Waals surface area contributed by atoms with Gasteiger partial charge in [0.1, 0.15) is 12.7 Å². The third-order valence-electron chi connectivity index (χ3n) is 5.72. The molecule has 204 valence electrons. The number of ether oxygens (including phenoxy) is 4. The van der Waals surface area contributed by atoms with Crippen molar-refractivity contribution in [2.24, 2.45) is 17.8 Å². The summed E-state index contributed by atoms with van der Waals surface area (Å²) in [5.74, 6) is -4.79. The van der Waals surface area contributed by atoms with Crippen molar-refractivity contribution in [1.82, 2.24) is 10.3 Å². The van der Waals surface area contributed by atoms with Gasteiger partial charge in [-0.2, -0.15) is 0 Å². The van der Waals surface area contributed by atoms with E-state index in [-0.39, 0.29) is 30.2 Å². The third kappa shape index (κ3) is 7.99. The molecule has 0 aliphatic carbocycles. The highest BCUT2D eigenvalue weighted by Gasteiger charge is 2.41. The molecule has 2 rings (SSSR count). The zero-order valence-electron chi connectivity index (χ0n) is 22.4. The van der Waals surface area contributed by atoms with Crippen LogP contribution in [0.3, 0.4) is 0 Å².